The van der Waals surface area contributed by atoms with E-state index >= 15 is 0 Å². The first-order valence-electron chi connectivity index (χ1n) is 9.97. The summed E-state index contributed by atoms with van der Waals surface area (Å²) in [5.74, 6) is -3.33. The van der Waals surface area contributed by atoms with Gasteiger partial charge in [0, 0.05) is 18.1 Å². The fourth-order valence-corrected chi connectivity index (χ4v) is 3.99. The zero-order valence-electron chi connectivity index (χ0n) is 16.8. The maximum absolute atomic E-state index is 14.2. The van der Waals surface area contributed by atoms with Gasteiger partial charge in [0.15, 0.2) is 9.84 Å². The van der Waals surface area contributed by atoms with Crippen LogP contribution in [-0.2, 0) is 22.2 Å². The van der Waals surface area contributed by atoms with Crippen LogP contribution in [0.4, 0.5) is 8.78 Å². The molecule has 2 aliphatic carbocycles. The molecule has 1 fully saturated rings. The Morgan fingerprint density at radius 1 is 1.29 bits per heavy atom. The first kappa shape index (κ1) is 21.4. The number of nitrogens with zero attached hydrogens (tertiary/aromatic N) is 1. The fraction of sp³-hybridized carbons (Fsp3) is 0.364. The molecule has 2 aliphatic rings. The average molecular weight is 448 g/mol. The number of benzene rings is 1. The lowest BCUT2D eigenvalue weighted by Gasteiger charge is -2.18. The number of aryl methyl sites for hydroxylation is 1. The number of aromatic nitrogens is 1. The second kappa shape index (κ2) is 8.03. The third-order valence-corrected chi connectivity index (χ3v) is 5.94. The summed E-state index contributed by atoms with van der Waals surface area (Å²) in [6.07, 6.45) is 4.00. The van der Waals surface area contributed by atoms with E-state index < -0.39 is 27.7 Å². The summed E-state index contributed by atoms with van der Waals surface area (Å²) in [5, 5.41) is 3.88. The van der Waals surface area contributed by atoms with Gasteiger partial charge in [-0.25, -0.2) is 13.4 Å². The van der Waals surface area contributed by atoms with Crippen molar-refractivity contribution in [1.29, 1.82) is 0 Å². The highest BCUT2D eigenvalue weighted by Gasteiger charge is 2.42. The number of hydrogen-bond acceptors (Lipinski definition) is 5. The summed E-state index contributed by atoms with van der Waals surface area (Å²) in [6.45, 7) is 0. The van der Waals surface area contributed by atoms with Crippen LogP contribution in [0.2, 0.25) is 0 Å². The van der Waals surface area contributed by atoms with Gasteiger partial charge in [-0.05, 0) is 48.9 Å². The Labute approximate surface area is 179 Å². The van der Waals surface area contributed by atoms with Gasteiger partial charge in [0.2, 0.25) is 5.88 Å². The molecule has 0 bridgehead atoms. The van der Waals surface area contributed by atoms with Crippen molar-refractivity contribution in [1.82, 2.24) is 10.3 Å². The Kier molecular flexibility index (Phi) is 5.55. The summed E-state index contributed by atoms with van der Waals surface area (Å²) < 4.78 is 57.1. The molecule has 1 saturated carbocycles. The SMILES string of the molecule is CS(=O)(=O)/C=C/[C@@H](NC(=O)c1cc2c(nc1Oc1ccccc1)C(F)(F)CC2)C1CC1. The van der Waals surface area contributed by atoms with Crippen LogP contribution in [0.1, 0.15) is 40.9 Å². The van der Waals surface area contributed by atoms with Crippen molar-refractivity contribution in [2.75, 3.05) is 6.26 Å². The largest absolute Gasteiger partial charge is 0.438 e. The molecule has 1 aromatic heterocycles. The molecular formula is C22H22F2N2O4S. The Balaban J connectivity index is 1.67. The highest BCUT2D eigenvalue weighted by Crippen LogP contribution is 2.42. The van der Waals surface area contributed by atoms with Crippen LogP contribution < -0.4 is 10.1 Å². The van der Waals surface area contributed by atoms with Gasteiger partial charge in [0.1, 0.15) is 17.0 Å². The van der Waals surface area contributed by atoms with E-state index in [1.54, 1.807) is 30.3 Å². The minimum Gasteiger partial charge on any atom is -0.438 e. The predicted octanol–water partition coefficient (Wildman–Crippen LogP) is 3.98. The van der Waals surface area contributed by atoms with Crippen molar-refractivity contribution in [3.05, 3.63) is 64.7 Å². The second-order valence-corrected chi connectivity index (χ2v) is 9.89. The lowest BCUT2D eigenvalue weighted by Crippen LogP contribution is -2.35. The number of pyridine rings is 1. The number of alkyl halides is 2. The van der Waals surface area contributed by atoms with Crippen molar-refractivity contribution >= 4 is 15.7 Å². The number of nitrogens with one attached hydrogen (secondary N) is 1. The van der Waals surface area contributed by atoms with Gasteiger partial charge >= 0.3 is 0 Å². The van der Waals surface area contributed by atoms with Gasteiger partial charge in [-0.15, -0.1) is 0 Å². The van der Waals surface area contributed by atoms with Crippen LogP contribution >= 0.6 is 0 Å². The minimum atomic E-state index is -3.35. The van der Waals surface area contributed by atoms with Gasteiger partial charge in [-0.1, -0.05) is 24.3 Å². The van der Waals surface area contributed by atoms with E-state index in [1.807, 2.05) is 0 Å². The van der Waals surface area contributed by atoms with Crippen molar-refractivity contribution in [3.63, 3.8) is 0 Å². The van der Waals surface area contributed by atoms with Crippen molar-refractivity contribution < 1.29 is 26.7 Å². The molecule has 1 atom stereocenters. The Hall–Kier alpha value is -2.81. The quantitative estimate of drug-likeness (QED) is 0.693. The summed E-state index contributed by atoms with van der Waals surface area (Å²) in [5.41, 5.74) is -0.0189. The number of para-hydroxylation sites is 1. The van der Waals surface area contributed by atoms with E-state index in [-0.39, 0.29) is 35.9 Å². The number of sulfone groups is 1. The van der Waals surface area contributed by atoms with Crippen LogP contribution in [0.15, 0.2) is 47.9 Å². The molecule has 2 aromatic rings. The monoisotopic (exact) mass is 448 g/mol. The predicted molar refractivity (Wildman–Crippen MR) is 111 cm³/mol. The second-order valence-electron chi connectivity index (χ2n) is 7.96. The molecule has 1 amide bonds. The van der Waals surface area contributed by atoms with Gasteiger partial charge in [-0.3, -0.25) is 4.79 Å². The number of carbonyl (C=O) groups is 1. The molecule has 0 spiro atoms. The first-order chi connectivity index (χ1) is 14.6. The van der Waals surface area contributed by atoms with Crippen molar-refractivity contribution in [2.24, 2.45) is 5.92 Å². The van der Waals surface area contributed by atoms with E-state index in [0.29, 0.717) is 11.3 Å². The Morgan fingerprint density at radius 2 is 2.00 bits per heavy atom. The summed E-state index contributed by atoms with van der Waals surface area (Å²) >= 11 is 0. The van der Waals surface area contributed by atoms with E-state index in [2.05, 4.69) is 10.3 Å². The highest BCUT2D eigenvalue weighted by molar-refractivity contribution is 7.93. The van der Waals surface area contributed by atoms with Crippen molar-refractivity contribution in [3.8, 4) is 11.6 Å². The zero-order chi connectivity index (χ0) is 22.2. The lowest BCUT2D eigenvalue weighted by atomic mass is 10.1. The molecule has 31 heavy (non-hydrogen) atoms. The molecule has 0 saturated heterocycles. The number of ether oxygens (including phenoxy) is 1. The molecule has 164 valence electrons. The molecule has 1 N–H and O–H groups in total. The molecule has 0 radical (unpaired) electrons. The molecule has 0 unspecified atom stereocenters. The van der Waals surface area contributed by atoms with Gasteiger partial charge in [0.05, 0.1) is 6.04 Å². The smallest absolute Gasteiger partial charge is 0.290 e. The minimum absolute atomic E-state index is 0.0405. The Bertz CT molecular complexity index is 1130. The standard InChI is InChI=1S/C22H22F2N2O4S/c1-31(28,29)12-10-18(14-7-8-14)25-20(27)17-13-15-9-11-22(23,24)19(15)26-21(17)30-16-5-3-2-4-6-16/h2-6,10,12-14,18H,7-9,11H2,1H3,(H,25,27)/b12-10+/t18-/m1/s1. The summed E-state index contributed by atoms with van der Waals surface area (Å²) in [4.78, 5) is 17.1. The number of halogens is 2. The van der Waals surface area contributed by atoms with Crippen LogP contribution in [0.3, 0.4) is 0 Å². The number of carbonyl (C=O) groups excluding carboxylic acids is 1. The van der Waals surface area contributed by atoms with Crippen LogP contribution in [-0.4, -0.2) is 31.6 Å². The molecule has 6 nitrogen and oxygen atoms in total. The molecule has 4 rings (SSSR count). The molecule has 9 heteroatoms. The number of hydrogen-bond donors (Lipinski definition) is 1. The zero-order valence-corrected chi connectivity index (χ0v) is 17.7. The molecule has 1 heterocycles. The first-order valence-corrected chi connectivity index (χ1v) is 11.9. The highest BCUT2D eigenvalue weighted by atomic mass is 32.2. The van der Waals surface area contributed by atoms with Gasteiger partial charge in [0.25, 0.3) is 11.8 Å². The number of fused-ring (bicyclic) bond motifs is 1. The summed E-state index contributed by atoms with van der Waals surface area (Å²) in [7, 11) is -3.35. The maximum Gasteiger partial charge on any atom is 0.290 e. The Morgan fingerprint density at radius 3 is 2.65 bits per heavy atom. The topological polar surface area (TPSA) is 85.4 Å². The van der Waals surface area contributed by atoms with Crippen molar-refractivity contribution in [2.45, 2.75) is 37.6 Å². The molecular weight excluding hydrogens is 426 g/mol. The third-order valence-electron chi connectivity index (χ3n) is 5.28. The molecule has 0 aliphatic heterocycles. The van der Waals surface area contributed by atoms with E-state index in [0.717, 1.165) is 24.5 Å². The normalized spacial score (nSPS) is 18.5. The number of amides is 1. The number of rotatable bonds is 7. The third kappa shape index (κ3) is 5.10. The average Bonchev–Trinajstić information content (AvgIpc) is 3.50. The van der Waals surface area contributed by atoms with Crippen LogP contribution in [0.25, 0.3) is 0 Å². The van der Waals surface area contributed by atoms with Crippen LogP contribution in [0.5, 0.6) is 11.6 Å². The maximum atomic E-state index is 14.2. The lowest BCUT2D eigenvalue weighted by molar-refractivity contribution is -0.00630. The van der Waals surface area contributed by atoms with Gasteiger partial charge < -0.3 is 10.1 Å². The van der Waals surface area contributed by atoms with E-state index in [9.17, 15) is 22.0 Å². The van der Waals surface area contributed by atoms with E-state index in [1.165, 1.54) is 12.1 Å². The van der Waals surface area contributed by atoms with Crippen LogP contribution in [0, 0.1) is 5.92 Å². The molecule has 1 aromatic carbocycles. The summed E-state index contributed by atoms with van der Waals surface area (Å²) in [6, 6.07) is 9.40. The van der Waals surface area contributed by atoms with E-state index in [4.69, 9.17) is 4.74 Å². The van der Waals surface area contributed by atoms with Gasteiger partial charge in [-0.2, -0.15) is 8.78 Å². The fourth-order valence-electron chi connectivity index (χ4n) is 3.53.